The summed E-state index contributed by atoms with van der Waals surface area (Å²) in [7, 11) is 0. The van der Waals surface area contributed by atoms with Gasteiger partial charge in [-0.15, -0.1) is 0 Å². The van der Waals surface area contributed by atoms with Crippen LogP contribution in [0.4, 0.5) is 10.5 Å². The molecule has 1 aliphatic heterocycles. The summed E-state index contributed by atoms with van der Waals surface area (Å²) in [6.45, 7) is 2.07. The molecule has 1 saturated heterocycles. The monoisotopic (exact) mass is 522 g/mol. The number of hydrogen-bond acceptors (Lipinski definition) is 6. The molecule has 0 saturated carbocycles. The van der Waals surface area contributed by atoms with Crippen LogP contribution >= 0.6 is 23.4 Å². The van der Waals surface area contributed by atoms with Crippen LogP contribution in [0.5, 0.6) is 11.5 Å². The van der Waals surface area contributed by atoms with Crippen molar-refractivity contribution in [2.45, 2.75) is 6.92 Å². The molecule has 0 aromatic heterocycles. The number of nitrogens with zero attached hydrogens (tertiary/aromatic N) is 1. The standard InChI is InChI=1S/C27H23ClN2O5S/c1-18-5-4-6-20(15-18)29-25(31)17-35-21-11-9-19(10-12-21)16-24-26(32)30(27(33)36-24)13-14-34-23-8-3-2-7-22(23)28/h2-12,15-16H,13-14,17H2,1H3,(H,29,31)/b24-16-. The van der Waals surface area contributed by atoms with E-state index in [2.05, 4.69) is 5.32 Å². The third-order valence-corrected chi connectivity index (χ3v) is 6.35. The molecule has 3 aromatic rings. The van der Waals surface area contributed by atoms with Crippen LogP contribution in [0.15, 0.2) is 77.7 Å². The fourth-order valence-corrected chi connectivity index (χ4v) is 4.44. The second-order valence-corrected chi connectivity index (χ2v) is 9.29. The average Bonchev–Trinajstić information content (AvgIpc) is 3.12. The highest BCUT2D eigenvalue weighted by atomic mass is 35.5. The van der Waals surface area contributed by atoms with Crippen molar-refractivity contribution < 1.29 is 23.9 Å². The number of halogens is 1. The van der Waals surface area contributed by atoms with Crippen LogP contribution in [0.1, 0.15) is 11.1 Å². The number of thioether (sulfide) groups is 1. The number of amides is 3. The van der Waals surface area contributed by atoms with E-state index >= 15 is 0 Å². The van der Waals surface area contributed by atoms with Crippen LogP contribution < -0.4 is 14.8 Å². The largest absolute Gasteiger partial charge is 0.490 e. The van der Waals surface area contributed by atoms with E-state index in [1.54, 1.807) is 54.6 Å². The summed E-state index contributed by atoms with van der Waals surface area (Å²) in [5.41, 5.74) is 2.49. The molecule has 0 aliphatic carbocycles. The fraction of sp³-hybridized carbons (Fsp3) is 0.148. The van der Waals surface area contributed by atoms with E-state index in [-0.39, 0.29) is 36.8 Å². The summed E-state index contributed by atoms with van der Waals surface area (Å²) in [4.78, 5) is 38.6. The molecule has 0 radical (unpaired) electrons. The highest BCUT2D eigenvalue weighted by Gasteiger charge is 2.34. The Hall–Kier alpha value is -3.75. The molecular weight excluding hydrogens is 500 g/mol. The van der Waals surface area contributed by atoms with Crippen LogP contribution in [0.3, 0.4) is 0 Å². The maximum Gasteiger partial charge on any atom is 0.293 e. The Balaban J connectivity index is 1.28. The normalized spacial score (nSPS) is 14.3. The molecule has 1 fully saturated rings. The van der Waals surface area contributed by atoms with Gasteiger partial charge in [0.05, 0.1) is 16.5 Å². The first-order chi connectivity index (χ1) is 17.4. The molecule has 3 aromatic carbocycles. The Morgan fingerprint density at radius 1 is 1.03 bits per heavy atom. The SMILES string of the molecule is Cc1cccc(NC(=O)COc2ccc(/C=C3\SC(=O)N(CCOc4ccccc4Cl)C3=O)cc2)c1. The van der Waals surface area contributed by atoms with Gasteiger partial charge < -0.3 is 14.8 Å². The molecule has 9 heteroatoms. The lowest BCUT2D eigenvalue weighted by Crippen LogP contribution is -2.32. The molecule has 184 valence electrons. The van der Waals surface area contributed by atoms with E-state index in [1.807, 2.05) is 31.2 Å². The first-order valence-electron chi connectivity index (χ1n) is 11.1. The topological polar surface area (TPSA) is 84.9 Å². The van der Waals surface area contributed by atoms with Gasteiger partial charge in [-0.25, -0.2) is 0 Å². The number of ether oxygens (including phenoxy) is 2. The fourth-order valence-electron chi connectivity index (χ4n) is 3.38. The number of benzene rings is 3. The van der Waals surface area contributed by atoms with Gasteiger partial charge in [-0.2, -0.15) is 0 Å². The van der Waals surface area contributed by atoms with Crippen LogP contribution in [0.25, 0.3) is 6.08 Å². The molecular formula is C27H23ClN2O5S. The van der Waals surface area contributed by atoms with Gasteiger partial charge in [0.15, 0.2) is 6.61 Å². The first kappa shape index (κ1) is 25.3. The Kier molecular flexibility index (Phi) is 8.30. The molecule has 36 heavy (non-hydrogen) atoms. The lowest BCUT2D eigenvalue weighted by molar-refractivity contribution is -0.123. The molecule has 0 spiro atoms. The number of hydrogen-bond donors (Lipinski definition) is 1. The van der Waals surface area contributed by atoms with Crippen LogP contribution in [-0.4, -0.2) is 41.7 Å². The summed E-state index contributed by atoms with van der Waals surface area (Å²) in [6, 6.07) is 21.4. The molecule has 1 N–H and O–H groups in total. The zero-order valence-electron chi connectivity index (χ0n) is 19.4. The Labute approximate surface area is 218 Å². The Morgan fingerprint density at radius 2 is 1.81 bits per heavy atom. The second-order valence-electron chi connectivity index (χ2n) is 7.89. The number of nitrogens with one attached hydrogen (secondary N) is 1. The molecule has 7 nitrogen and oxygen atoms in total. The van der Waals surface area contributed by atoms with E-state index in [1.165, 1.54) is 0 Å². The molecule has 0 unspecified atom stereocenters. The number of carbonyl (C=O) groups excluding carboxylic acids is 3. The number of anilines is 1. The van der Waals surface area contributed by atoms with Crippen molar-refractivity contribution in [1.29, 1.82) is 0 Å². The Morgan fingerprint density at radius 3 is 2.56 bits per heavy atom. The highest BCUT2D eigenvalue weighted by molar-refractivity contribution is 8.18. The average molecular weight is 523 g/mol. The number of rotatable bonds is 9. The Bertz CT molecular complexity index is 1310. The third kappa shape index (κ3) is 6.68. The molecule has 4 rings (SSSR count). The van der Waals surface area contributed by atoms with Gasteiger partial charge in [-0.3, -0.25) is 19.3 Å². The lowest BCUT2D eigenvalue weighted by atomic mass is 10.2. The molecule has 0 atom stereocenters. The van der Waals surface area contributed by atoms with Gasteiger partial charge in [0.1, 0.15) is 18.1 Å². The van der Waals surface area contributed by atoms with Gasteiger partial charge in [-0.1, -0.05) is 48.0 Å². The lowest BCUT2D eigenvalue weighted by Gasteiger charge is -2.13. The van der Waals surface area contributed by atoms with Crippen molar-refractivity contribution in [3.05, 3.63) is 93.9 Å². The molecule has 1 aliphatic rings. The summed E-state index contributed by atoms with van der Waals surface area (Å²) >= 11 is 6.94. The minimum atomic E-state index is -0.374. The number of imide groups is 1. The quantitative estimate of drug-likeness (QED) is 0.358. The zero-order chi connectivity index (χ0) is 25.5. The minimum Gasteiger partial charge on any atom is -0.490 e. The number of carbonyl (C=O) groups is 3. The van der Waals surface area contributed by atoms with Crippen molar-refractivity contribution in [3.8, 4) is 11.5 Å². The van der Waals surface area contributed by atoms with E-state index in [0.29, 0.717) is 27.1 Å². The van der Waals surface area contributed by atoms with Crippen molar-refractivity contribution in [1.82, 2.24) is 4.90 Å². The van der Waals surface area contributed by atoms with E-state index < -0.39 is 0 Å². The minimum absolute atomic E-state index is 0.116. The maximum atomic E-state index is 12.7. The van der Waals surface area contributed by atoms with Gasteiger partial charge in [0.2, 0.25) is 0 Å². The van der Waals surface area contributed by atoms with E-state index in [9.17, 15) is 14.4 Å². The van der Waals surface area contributed by atoms with Gasteiger partial charge >= 0.3 is 0 Å². The predicted octanol–water partition coefficient (Wildman–Crippen LogP) is 5.78. The summed E-state index contributed by atoms with van der Waals surface area (Å²) in [6.07, 6.45) is 1.65. The predicted molar refractivity (Wildman–Crippen MR) is 141 cm³/mol. The van der Waals surface area contributed by atoms with Gasteiger partial charge in [-0.05, 0) is 72.3 Å². The smallest absolute Gasteiger partial charge is 0.293 e. The molecule has 1 heterocycles. The van der Waals surface area contributed by atoms with Crippen LogP contribution in [-0.2, 0) is 9.59 Å². The van der Waals surface area contributed by atoms with E-state index in [0.717, 1.165) is 27.8 Å². The van der Waals surface area contributed by atoms with Crippen LogP contribution in [0, 0.1) is 6.92 Å². The second kappa shape index (κ2) is 11.8. The molecule has 3 amide bonds. The third-order valence-electron chi connectivity index (χ3n) is 5.13. The number of aryl methyl sites for hydroxylation is 1. The van der Waals surface area contributed by atoms with Gasteiger partial charge in [0, 0.05) is 5.69 Å². The van der Waals surface area contributed by atoms with Crippen LogP contribution in [0.2, 0.25) is 5.02 Å². The summed E-state index contributed by atoms with van der Waals surface area (Å²) in [5.74, 6) is 0.366. The first-order valence-corrected chi connectivity index (χ1v) is 12.3. The zero-order valence-corrected chi connectivity index (χ0v) is 21.0. The van der Waals surface area contributed by atoms with Crippen molar-refractivity contribution in [2.24, 2.45) is 0 Å². The molecule has 0 bridgehead atoms. The highest BCUT2D eigenvalue weighted by Crippen LogP contribution is 2.32. The summed E-state index contributed by atoms with van der Waals surface area (Å²) < 4.78 is 11.1. The summed E-state index contributed by atoms with van der Waals surface area (Å²) in [5, 5.41) is 2.90. The number of para-hydroxylation sites is 1. The van der Waals surface area contributed by atoms with Gasteiger partial charge in [0.25, 0.3) is 17.1 Å². The van der Waals surface area contributed by atoms with Crippen molar-refractivity contribution in [2.75, 3.05) is 25.1 Å². The van der Waals surface area contributed by atoms with Crippen molar-refractivity contribution >= 4 is 52.2 Å². The van der Waals surface area contributed by atoms with E-state index in [4.69, 9.17) is 21.1 Å². The maximum absolute atomic E-state index is 12.7. The van der Waals surface area contributed by atoms with Crippen molar-refractivity contribution in [3.63, 3.8) is 0 Å².